The fraction of sp³-hybridized carbons (Fsp3) is 0.250. The maximum Gasteiger partial charge on any atom is 0.270 e. The van der Waals surface area contributed by atoms with Crippen molar-refractivity contribution in [2.45, 2.75) is 13.1 Å². The van der Waals surface area contributed by atoms with Gasteiger partial charge >= 0.3 is 0 Å². The smallest absolute Gasteiger partial charge is 0.270 e. The minimum atomic E-state index is -0.280. The lowest BCUT2D eigenvalue weighted by molar-refractivity contribution is 0.0619. The fourth-order valence-corrected chi connectivity index (χ4v) is 5.11. The van der Waals surface area contributed by atoms with E-state index in [4.69, 9.17) is 21.1 Å². The van der Waals surface area contributed by atoms with Crippen molar-refractivity contribution in [2.75, 3.05) is 33.0 Å². The van der Waals surface area contributed by atoms with E-state index in [0.29, 0.717) is 30.4 Å². The molecule has 4 aromatic rings. The fourth-order valence-electron chi connectivity index (χ4n) is 4.93. The number of ether oxygens (including phenoxy) is 2. The number of carbonyl (C=O) groups is 1. The maximum absolute atomic E-state index is 13.7. The largest absolute Gasteiger partial charge is 0.454 e. The zero-order valence-electron chi connectivity index (χ0n) is 19.6. The number of piperazine rings is 1. The van der Waals surface area contributed by atoms with Gasteiger partial charge in [-0.1, -0.05) is 29.8 Å². The number of rotatable bonds is 5. The van der Waals surface area contributed by atoms with Crippen molar-refractivity contribution >= 4 is 28.4 Å². The van der Waals surface area contributed by atoms with Crippen LogP contribution in [-0.4, -0.2) is 53.2 Å². The Morgan fingerprint density at radius 2 is 1.58 bits per heavy atom. The predicted octanol–water partition coefficient (Wildman–Crippen LogP) is 5.17. The van der Waals surface area contributed by atoms with Crippen molar-refractivity contribution in [1.29, 1.82) is 0 Å². The van der Waals surface area contributed by atoms with E-state index in [1.54, 1.807) is 12.1 Å². The lowest BCUT2D eigenvalue weighted by Gasteiger charge is -2.35. The summed E-state index contributed by atoms with van der Waals surface area (Å²) < 4.78 is 26.3. The molecule has 2 aliphatic heterocycles. The predicted molar refractivity (Wildman–Crippen MR) is 136 cm³/mol. The standard InChI is InChI=1S/C28H25ClFN3O3/c29-22-4-7-24-21(14-22)15-25(33(24)17-19-1-5-23(30)6-2-19)28(34)32-11-9-31(10-12-32)16-20-3-8-26-27(13-20)36-18-35-26/h1-8,13-15H,9-12,16-18H2. The number of benzene rings is 3. The zero-order valence-corrected chi connectivity index (χ0v) is 20.4. The van der Waals surface area contributed by atoms with Gasteiger partial charge in [0, 0.05) is 55.2 Å². The van der Waals surface area contributed by atoms with E-state index in [-0.39, 0.29) is 18.5 Å². The van der Waals surface area contributed by atoms with Gasteiger partial charge in [-0.25, -0.2) is 4.39 Å². The molecule has 6 nitrogen and oxygen atoms in total. The number of aromatic nitrogens is 1. The number of nitrogens with zero attached hydrogens (tertiary/aromatic N) is 3. The zero-order chi connectivity index (χ0) is 24.6. The first kappa shape index (κ1) is 22.9. The first-order valence-electron chi connectivity index (χ1n) is 12.0. The van der Waals surface area contributed by atoms with Crippen LogP contribution >= 0.6 is 11.6 Å². The van der Waals surface area contributed by atoms with E-state index in [9.17, 15) is 9.18 Å². The molecule has 0 N–H and O–H groups in total. The molecule has 184 valence electrons. The number of amides is 1. The summed E-state index contributed by atoms with van der Waals surface area (Å²) in [5.41, 5.74) is 3.62. The van der Waals surface area contributed by atoms with Crippen molar-refractivity contribution in [3.05, 3.63) is 94.4 Å². The molecule has 0 radical (unpaired) electrons. The third kappa shape index (κ3) is 4.52. The molecule has 8 heteroatoms. The third-order valence-corrected chi connectivity index (χ3v) is 7.07. The molecule has 6 rings (SSSR count). The van der Waals surface area contributed by atoms with Gasteiger partial charge < -0.3 is 18.9 Å². The first-order valence-corrected chi connectivity index (χ1v) is 12.3. The van der Waals surface area contributed by atoms with Crippen LogP contribution in [0.15, 0.2) is 66.7 Å². The van der Waals surface area contributed by atoms with Gasteiger partial charge in [0.1, 0.15) is 11.5 Å². The van der Waals surface area contributed by atoms with Crippen molar-refractivity contribution < 1.29 is 18.7 Å². The average molecular weight is 506 g/mol. The first-order chi connectivity index (χ1) is 17.5. The van der Waals surface area contributed by atoms with Crippen LogP contribution in [0.4, 0.5) is 4.39 Å². The SMILES string of the molecule is O=C(c1cc2cc(Cl)ccc2n1Cc1ccc(F)cc1)N1CCN(Cc2ccc3c(c2)OCO3)CC1. The summed E-state index contributed by atoms with van der Waals surface area (Å²) in [6.07, 6.45) is 0. The summed E-state index contributed by atoms with van der Waals surface area (Å²) in [5.74, 6) is 1.28. The normalized spacial score (nSPS) is 15.6. The highest BCUT2D eigenvalue weighted by atomic mass is 35.5. The van der Waals surface area contributed by atoms with Gasteiger partial charge in [0.05, 0.1) is 0 Å². The summed E-state index contributed by atoms with van der Waals surface area (Å²) in [7, 11) is 0. The van der Waals surface area contributed by atoms with Crippen LogP contribution in [0, 0.1) is 5.82 Å². The molecule has 0 bridgehead atoms. The van der Waals surface area contributed by atoms with Gasteiger partial charge in [0.15, 0.2) is 11.5 Å². The van der Waals surface area contributed by atoms with Gasteiger partial charge in [-0.3, -0.25) is 9.69 Å². The van der Waals surface area contributed by atoms with Crippen molar-refractivity contribution in [2.24, 2.45) is 0 Å². The molecule has 0 unspecified atom stereocenters. The number of hydrogen-bond acceptors (Lipinski definition) is 4. The molecular weight excluding hydrogens is 481 g/mol. The van der Waals surface area contributed by atoms with Gasteiger partial charge in [-0.2, -0.15) is 0 Å². The lowest BCUT2D eigenvalue weighted by Crippen LogP contribution is -2.48. The molecule has 2 aliphatic rings. The van der Waals surface area contributed by atoms with Crippen LogP contribution in [0.5, 0.6) is 11.5 Å². The van der Waals surface area contributed by atoms with Crippen LogP contribution in [-0.2, 0) is 13.1 Å². The summed E-state index contributed by atoms with van der Waals surface area (Å²) in [4.78, 5) is 17.9. The maximum atomic E-state index is 13.7. The molecule has 0 saturated carbocycles. The molecule has 3 aromatic carbocycles. The van der Waals surface area contributed by atoms with Gasteiger partial charge in [0.25, 0.3) is 5.91 Å². The second-order valence-corrected chi connectivity index (χ2v) is 9.64. The second kappa shape index (κ2) is 9.48. The Kier molecular flexibility index (Phi) is 6.03. The third-order valence-electron chi connectivity index (χ3n) is 6.84. The van der Waals surface area contributed by atoms with Gasteiger partial charge in [-0.05, 0) is 59.7 Å². The molecule has 3 heterocycles. The van der Waals surface area contributed by atoms with E-state index in [0.717, 1.165) is 53.2 Å². The van der Waals surface area contributed by atoms with E-state index in [1.165, 1.54) is 12.1 Å². The highest BCUT2D eigenvalue weighted by Crippen LogP contribution is 2.33. The molecular formula is C28H25ClFN3O3. The Bertz CT molecular complexity index is 1430. The summed E-state index contributed by atoms with van der Waals surface area (Å²) in [5, 5.41) is 1.53. The molecule has 0 spiro atoms. The Labute approximate surface area is 213 Å². The topological polar surface area (TPSA) is 46.9 Å². The van der Waals surface area contributed by atoms with Crippen LogP contribution in [0.3, 0.4) is 0 Å². The minimum Gasteiger partial charge on any atom is -0.454 e. The summed E-state index contributed by atoms with van der Waals surface area (Å²) in [6, 6.07) is 20.0. The van der Waals surface area contributed by atoms with E-state index >= 15 is 0 Å². The average Bonchev–Trinajstić information content (AvgIpc) is 3.49. The number of fused-ring (bicyclic) bond motifs is 2. The molecule has 36 heavy (non-hydrogen) atoms. The van der Waals surface area contributed by atoms with Gasteiger partial charge in [-0.15, -0.1) is 0 Å². The minimum absolute atomic E-state index is 0.00726. The van der Waals surface area contributed by atoms with Crippen LogP contribution in [0.1, 0.15) is 21.6 Å². The Morgan fingerprint density at radius 1 is 0.833 bits per heavy atom. The van der Waals surface area contributed by atoms with Crippen LogP contribution in [0.25, 0.3) is 10.9 Å². The van der Waals surface area contributed by atoms with E-state index in [2.05, 4.69) is 11.0 Å². The molecule has 0 atom stereocenters. The van der Waals surface area contributed by atoms with E-state index in [1.807, 2.05) is 45.9 Å². The molecule has 1 saturated heterocycles. The van der Waals surface area contributed by atoms with Gasteiger partial charge in [0.2, 0.25) is 6.79 Å². The molecule has 1 amide bonds. The Morgan fingerprint density at radius 3 is 2.39 bits per heavy atom. The second-order valence-electron chi connectivity index (χ2n) is 9.20. The van der Waals surface area contributed by atoms with E-state index < -0.39 is 0 Å². The van der Waals surface area contributed by atoms with Crippen molar-refractivity contribution in [1.82, 2.24) is 14.4 Å². The Balaban J connectivity index is 1.19. The highest BCUT2D eigenvalue weighted by Gasteiger charge is 2.26. The van der Waals surface area contributed by atoms with Crippen LogP contribution < -0.4 is 9.47 Å². The lowest BCUT2D eigenvalue weighted by atomic mass is 10.1. The quantitative estimate of drug-likeness (QED) is 0.375. The molecule has 0 aliphatic carbocycles. The number of carbonyl (C=O) groups excluding carboxylic acids is 1. The van der Waals surface area contributed by atoms with Crippen LogP contribution in [0.2, 0.25) is 5.02 Å². The number of halogens is 2. The molecule has 1 aromatic heterocycles. The monoisotopic (exact) mass is 505 g/mol. The summed E-state index contributed by atoms with van der Waals surface area (Å²) in [6.45, 7) is 4.38. The molecule has 1 fully saturated rings. The Hall–Kier alpha value is -3.55. The number of hydrogen-bond donors (Lipinski definition) is 0. The summed E-state index contributed by atoms with van der Waals surface area (Å²) >= 11 is 6.23. The van der Waals surface area contributed by atoms with Crippen molar-refractivity contribution in [3.63, 3.8) is 0 Å². The van der Waals surface area contributed by atoms with Crippen molar-refractivity contribution in [3.8, 4) is 11.5 Å². The highest BCUT2D eigenvalue weighted by molar-refractivity contribution is 6.31.